The minimum atomic E-state index is 0.104. The van der Waals surface area contributed by atoms with Gasteiger partial charge in [0.25, 0.3) is 0 Å². The highest BCUT2D eigenvalue weighted by atomic mass is 16.2. The fourth-order valence-corrected chi connectivity index (χ4v) is 2.38. The van der Waals surface area contributed by atoms with Crippen molar-refractivity contribution < 1.29 is 4.79 Å². The van der Waals surface area contributed by atoms with Crippen LogP contribution in [0, 0.1) is 0 Å². The quantitative estimate of drug-likeness (QED) is 0.750. The van der Waals surface area contributed by atoms with Crippen LogP contribution in [-0.2, 0) is 4.79 Å². The average molecular weight is 270 g/mol. The Hall–Kier alpha value is -0.650. The van der Waals surface area contributed by atoms with E-state index in [1.807, 2.05) is 14.1 Å². The molecule has 0 atom stereocenters. The van der Waals surface area contributed by atoms with Crippen molar-refractivity contribution in [2.45, 2.75) is 32.2 Å². The Morgan fingerprint density at radius 3 is 2.26 bits per heavy atom. The van der Waals surface area contributed by atoms with Gasteiger partial charge in [-0.3, -0.25) is 9.69 Å². The Labute approximate surface area is 117 Å². The van der Waals surface area contributed by atoms with Crippen molar-refractivity contribution in [3.8, 4) is 0 Å². The largest absolute Gasteiger partial charge is 0.349 e. The van der Waals surface area contributed by atoms with Gasteiger partial charge in [0.05, 0.1) is 0 Å². The summed E-state index contributed by atoms with van der Waals surface area (Å²) in [5.74, 6) is 0.225. The van der Waals surface area contributed by atoms with Crippen LogP contribution in [0.3, 0.4) is 0 Å². The van der Waals surface area contributed by atoms with Gasteiger partial charge in [-0.25, -0.2) is 0 Å². The van der Waals surface area contributed by atoms with Gasteiger partial charge in [0, 0.05) is 58.8 Å². The molecule has 5 heteroatoms. The normalized spacial score (nSPS) is 18.6. The van der Waals surface area contributed by atoms with E-state index < -0.39 is 0 Å². The second kappa shape index (κ2) is 7.22. The van der Waals surface area contributed by atoms with E-state index in [2.05, 4.69) is 23.6 Å². The molecular weight excluding hydrogens is 240 g/mol. The molecular formula is C14H30N4O. The van der Waals surface area contributed by atoms with Gasteiger partial charge in [-0.05, 0) is 26.8 Å². The third-order valence-electron chi connectivity index (χ3n) is 4.09. The monoisotopic (exact) mass is 270 g/mol. The molecule has 19 heavy (non-hydrogen) atoms. The molecule has 1 aliphatic heterocycles. The Bertz CT molecular complexity index is 283. The maximum atomic E-state index is 11.5. The van der Waals surface area contributed by atoms with Gasteiger partial charge < -0.3 is 15.5 Å². The second-order valence-electron chi connectivity index (χ2n) is 6.24. The molecule has 0 spiro atoms. The zero-order valence-corrected chi connectivity index (χ0v) is 13.0. The first-order valence-corrected chi connectivity index (χ1v) is 7.24. The first-order valence-electron chi connectivity index (χ1n) is 7.24. The van der Waals surface area contributed by atoms with Crippen molar-refractivity contribution in [3.05, 3.63) is 0 Å². The maximum absolute atomic E-state index is 11.5. The highest BCUT2D eigenvalue weighted by Gasteiger charge is 2.28. The molecule has 0 aliphatic carbocycles. The van der Waals surface area contributed by atoms with Crippen molar-refractivity contribution in [2.24, 2.45) is 5.73 Å². The lowest BCUT2D eigenvalue weighted by atomic mass is 10.0. The van der Waals surface area contributed by atoms with Gasteiger partial charge in [-0.1, -0.05) is 0 Å². The van der Waals surface area contributed by atoms with Gasteiger partial charge in [0.1, 0.15) is 0 Å². The summed E-state index contributed by atoms with van der Waals surface area (Å²) in [6.45, 7) is 10.5. The second-order valence-corrected chi connectivity index (χ2v) is 6.24. The van der Waals surface area contributed by atoms with Crippen LogP contribution in [-0.4, -0.2) is 79.5 Å². The van der Waals surface area contributed by atoms with Crippen LogP contribution < -0.4 is 5.73 Å². The summed E-state index contributed by atoms with van der Waals surface area (Å²) >= 11 is 0. The Morgan fingerprint density at radius 1 is 1.21 bits per heavy atom. The number of nitrogens with zero attached hydrogens (tertiary/aromatic N) is 3. The van der Waals surface area contributed by atoms with Crippen molar-refractivity contribution >= 4 is 5.91 Å². The third kappa shape index (κ3) is 5.09. The molecule has 1 heterocycles. The SMILES string of the molecule is CN(C)C(=O)CCCN1CCN(C(C)(C)CN)CC1. The van der Waals surface area contributed by atoms with Gasteiger partial charge in [-0.15, -0.1) is 0 Å². The molecule has 5 nitrogen and oxygen atoms in total. The third-order valence-corrected chi connectivity index (χ3v) is 4.09. The number of piperazine rings is 1. The zero-order chi connectivity index (χ0) is 14.5. The summed E-state index contributed by atoms with van der Waals surface area (Å²) in [5, 5.41) is 0. The number of carbonyl (C=O) groups excluding carboxylic acids is 1. The minimum Gasteiger partial charge on any atom is -0.349 e. The van der Waals surface area contributed by atoms with Crippen LogP contribution in [0.1, 0.15) is 26.7 Å². The topological polar surface area (TPSA) is 52.8 Å². The molecule has 1 fully saturated rings. The van der Waals surface area contributed by atoms with E-state index in [9.17, 15) is 4.79 Å². The number of amides is 1. The maximum Gasteiger partial charge on any atom is 0.222 e. The zero-order valence-electron chi connectivity index (χ0n) is 13.0. The summed E-state index contributed by atoms with van der Waals surface area (Å²) in [7, 11) is 3.63. The lowest BCUT2D eigenvalue weighted by molar-refractivity contribution is -0.128. The summed E-state index contributed by atoms with van der Waals surface area (Å²) in [6.07, 6.45) is 1.61. The van der Waals surface area contributed by atoms with Crippen molar-refractivity contribution in [3.63, 3.8) is 0 Å². The van der Waals surface area contributed by atoms with Crippen LogP contribution in [0.4, 0.5) is 0 Å². The van der Waals surface area contributed by atoms with Crippen LogP contribution >= 0.6 is 0 Å². The summed E-state index contributed by atoms with van der Waals surface area (Å²) in [6, 6.07) is 0. The van der Waals surface area contributed by atoms with Crippen LogP contribution in [0.2, 0.25) is 0 Å². The van der Waals surface area contributed by atoms with E-state index in [0.717, 1.165) is 39.1 Å². The average Bonchev–Trinajstić information content (AvgIpc) is 2.39. The van der Waals surface area contributed by atoms with Crippen LogP contribution in [0.25, 0.3) is 0 Å². The fraction of sp³-hybridized carbons (Fsp3) is 0.929. The van der Waals surface area contributed by atoms with Gasteiger partial charge >= 0.3 is 0 Å². The van der Waals surface area contributed by atoms with Gasteiger partial charge in [0.2, 0.25) is 5.91 Å². The predicted molar refractivity (Wildman–Crippen MR) is 79.1 cm³/mol. The minimum absolute atomic E-state index is 0.104. The number of hydrogen-bond donors (Lipinski definition) is 1. The number of nitrogens with two attached hydrogens (primary N) is 1. The Morgan fingerprint density at radius 2 is 1.79 bits per heavy atom. The highest BCUT2D eigenvalue weighted by Crippen LogP contribution is 2.15. The smallest absolute Gasteiger partial charge is 0.222 e. The molecule has 0 saturated carbocycles. The molecule has 0 aromatic rings. The molecule has 0 radical (unpaired) electrons. The lowest BCUT2D eigenvalue weighted by Gasteiger charge is -2.43. The van der Waals surface area contributed by atoms with Crippen molar-refractivity contribution in [1.29, 1.82) is 0 Å². The van der Waals surface area contributed by atoms with E-state index in [-0.39, 0.29) is 11.4 Å². The summed E-state index contributed by atoms with van der Waals surface area (Å²) in [4.78, 5) is 18.1. The number of carbonyl (C=O) groups is 1. The van der Waals surface area contributed by atoms with Crippen LogP contribution in [0.15, 0.2) is 0 Å². The molecule has 0 aromatic heterocycles. The molecule has 112 valence electrons. The number of hydrogen-bond acceptors (Lipinski definition) is 4. The Kier molecular flexibility index (Phi) is 6.23. The standard InChI is InChI=1S/C14H30N4O/c1-14(2,12-15)18-10-8-17(9-11-18)7-5-6-13(19)16(3)4/h5-12,15H2,1-4H3. The molecule has 1 aliphatic rings. The fourth-order valence-electron chi connectivity index (χ4n) is 2.38. The molecule has 2 N–H and O–H groups in total. The first kappa shape index (κ1) is 16.4. The van der Waals surface area contributed by atoms with Gasteiger partial charge in [0.15, 0.2) is 0 Å². The first-order chi connectivity index (χ1) is 8.86. The number of rotatable bonds is 6. The molecule has 1 rings (SSSR count). The summed E-state index contributed by atoms with van der Waals surface area (Å²) < 4.78 is 0. The van der Waals surface area contributed by atoms with Crippen molar-refractivity contribution in [1.82, 2.24) is 14.7 Å². The van der Waals surface area contributed by atoms with E-state index in [1.165, 1.54) is 0 Å². The van der Waals surface area contributed by atoms with E-state index in [4.69, 9.17) is 5.73 Å². The van der Waals surface area contributed by atoms with E-state index in [1.54, 1.807) is 4.90 Å². The molecule has 0 bridgehead atoms. The molecule has 1 amide bonds. The lowest BCUT2D eigenvalue weighted by Crippen LogP contribution is -2.57. The Balaban J connectivity index is 2.22. The van der Waals surface area contributed by atoms with Gasteiger partial charge in [-0.2, -0.15) is 0 Å². The van der Waals surface area contributed by atoms with Crippen molar-refractivity contribution in [2.75, 3.05) is 53.4 Å². The molecule has 0 aromatic carbocycles. The molecule has 1 saturated heterocycles. The molecule has 0 unspecified atom stereocenters. The van der Waals surface area contributed by atoms with Crippen LogP contribution in [0.5, 0.6) is 0 Å². The summed E-state index contributed by atoms with van der Waals surface area (Å²) in [5.41, 5.74) is 5.92. The van der Waals surface area contributed by atoms with E-state index >= 15 is 0 Å². The highest BCUT2D eigenvalue weighted by molar-refractivity contribution is 5.75. The predicted octanol–water partition coefficient (Wildman–Crippen LogP) is 0.210. The van der Waals surface area contributed by atoms with E-state index in [0.29, 0.717) is 13.0 Å².